The normalized spacial score (nSPS) is 12.2. The van der Waals surface area contributed by atoms with Crippen LogP contribution in [0.25, 0.3) is 0 Å². The lowest BCUT2D eigenvalue weighted by Crippen LogP contribution is -2.18. The first-order valence-electron chi connectivity index (χ1n) is 6.51. The smallest absolute Gasteiger partial charge is 0.161 e. The summed E-state index contributed by atoms with van der Waals surface area (Å²) in [5.74, 6) is 2.28. The number of benzene rings is 1. The fraction of sp³-hybridized carbons (Fsp3) is 0.400. The number of nitrogens with zero attached hydrogens (tertiary/aromatic N) is 1. The van der Waals surface area contributed by atoms with Gasteiger partial charge in [-0.05, 0) is 31.5 Å². The van der Waals surface area contributed by atoms with E-state index in [4.69, 9.17) is 14.0 Å². The van der Waals surface area contributed by atoms with Gasteiger partial charge in [0.15, 0.2) is 11.5 Å². The Morgan fingerprint density at radius 3 is 2.55 bits per heavy atom. The van der Waals surface area contributed by atoms with Crippen molar-refractivity contribution in [3.05, 3.63) is 41.3 Å². The number of aryl methyl sites for hydroxylation is 1. The Bertz CT molecular complexity index is 566. The first-order valence-corrected chi connectivity index (χ1v) is 6.51. The van der Waals surface area contributed by atoms with Crippen LogP contribution in [0, 0.1) is 6.92 Å². The Morgan fingerprint density at radius 2 is 1.95 bits per heavy atom. The van der Waals surface area contributed by atoms with E-state index in [0.717, 1.165) is 28.5 Å². The number of nitrogens with one attached hydrogen (secondary N) is 1. The standard InChI is InChI=1S/C15H20N2O3/c1-10-7-13(17-20-10)9-16-11(2)12-5-6-14(18-3)15(8-12)19-4/h5-8,11,16H,9H2,1-4H3. The Morgan fingerprint density at radius 1 is 1.20 bits per heavy atom. The topological polar surface area (TPSA) is 56.5 Å². The van der Waals surface area contributed by atoms with Crippen molar-refractivity contribution < 1.29 is 14.0 Å². The molecule has 0 saturated carbocycles. The number of hydrogen-bond donors (Lipinski definition) is 1. The third-order valence-corrected chi connectivity index (χ3v) is 3.17. The van der Waals surface area contributed by atoms with Crippen molar-refractivity contribution in [2.45, 2.75) is 26.4 Å². The lowest BCUT2D eigenvalue weighted by atomic mass is 10.1. The summed E-state index contributed by atoms with van der Waals surface area (Å²) in [6, 6.07) is 8.00. The summed E-state index contributed by atoms with van der Waals surface area (Å²) >= 11 is 0. The van der Waals surface area contributed by atoms with E-state index in [2.05, 4.69) is 17.4 Å². The van der Waals surface area contributed by atoms with Gasteiger partial charge in [-0.3, -0.25) is 0 Å². The maximum absolute atomic E-state index is 5.31. The maximum Gasteiger partial charge on any atom is 0.161 e. The van der Waals surface area contributed by atoms with Crippen molar-refractivity contribution in [2.24, 2.45) is 0 Å². The maximum atomic E-state index is 5.31. The first-order chi connectivity index (χ1) is 9.63. The van der Waals surface area contributed by atoms with E-state index in [1.54, 1.807) is 14.2 Å². The second kappa shape index (κ2) is 6.43. The highest BCUT2D eigenvalue weighted by Gasteiger charge is 2.10. The summed E-state index contributed by atoms with van der Waals surface area (Å²) in [7, 11) is 3.27. The van der Waals surface area contributed by atoms with Gasteiger partial charge in [-0.15, -0.1) is 0 Å². The fourth-order valence-corrected chi connectivity index (χ4v) is 2.00. The van der Waals surface area contributed by atoms with Crippen LogP contribution in [-0.2, 0) is 6.54 Å². The molecule has 0 spiro atoms. The number of methoxy groups -OCH3 is 2. The van der Waals surface area contributed by atoms with Crippen molar-refractivity contribution in [1.29, 1.82) is 0 Å². The molecule has 0 aliphatic heterocycles. The van der Waals surface area contributed by atoms with Gasteiger partial charge in [-0.2, -0.15) is 0 Å². The van der Waals surface area contributed by atoms with E-state index >= 15 is 0 Å². The van der Waals surface area contributed by atoms with Crippen molar-refractivity contribution in [1.82, 2.24) is 10.5 Å². The van der Waals surface area contributed by atoms with Gasteiger partial charge in [-0.25, -0.2) is 0 Å². The average Bonchev–Trinajstić information content (AvgIpc) is 2.89. The molecule has 0 aliphatic rings. The van der Waals surface area contributed by atoms with Gasteiger partial charge in [0.1, 0.15) is 5.76 Å². The fourth-order valence-electron chi connectivity index (χ4n) is 2.00. The monoisotopic (exact) mass is 276 g/mol. The zero-order chi connectivity index (χ0) is 14.5. The minimum absolute atomic E-state index is 0.173. The minimum atomic E-state index is 0.173. The quantitative estimate of drug-likeness (QED) is 0.879. The molecule has 0 saturated heterocycles. The lowest BCUT2D eigenvalue weighted by Gasteiger charge is -2.15. The lowest BCUT2D eigenvalue weighted by molar-refractivity contribution is 0.354. The zero-order valence-electron chi connectivity index (χ0n) is 12.3. The summed E-state index contributed by atoms with van der Waals surface area (Å²) in [5, 5.41) is 7.36. The molecular formula is C15H20N2O3. The van der Waals surface area contributed by atoms with Crippen LogP contribution in [0.2, 0.25) is 0 Å². The van der Waals surface area contributed by atoms with E-state index in [9.17, 15) is 0 Å². The van der Waals surface area contributed by atoms with E-state index < -0.39 is 0 Å². The second-order valence-electron chi connectivity index (χ2n) is 4.65. The van der Waals surface area contributed by atoms with Gasteiger partial charge >= 0.3 is 0 Å². The molecule has 20 heavy (non-hydrogen) atoms. The molecule has 0 radical (unpaired) electrons. The molecular weight excluding hydrogens is 256 g/mol. The molecule has 1 aromatic carbocycles. The predicted octanol–water partition coefficient (Wildman–Crippen LogP) is 2.85. The van der Waals surface area contributed by atoms with Gasteiger partial charge < -0.3 is 19.3 Å². The highest BCUT2D eigenvalue weighted by atomic mass is 16.5. The molecule has 1 atom stereocenters. The number of hydrogen-bond acceptors (Lipinski definition) is 5. The summed E-state index contributed by atoms with van der Waals surface area (Å²) in [5.41, 5.74) is 2.03. The van der Waals surface area contributed by atoms with Crippen molar-refractivity contribution in [3.63, 3.8) is 0 Å². The van der Waals surface area contributed by atoms with Crippen LogP contribution in [0.1, 0.15) is 30.0 Å². The largest absolute Gasteiger partial charge is 0.493 e. The summed E-state index contributed by atoms with van der Waals surface area (Å²) in [4.78, 5) is 0. The summed E-state index contributed by atoms with van der Waals surface area (Å²) < 4.78 is 15.6. The van der Waals surface area contributed by atoms with Crippen LogP contribution in [0.5, 0.6) is 11.5 Å². The van der Waals surface area contributed by atoms with Gasteiger partial charge in [0.25, 0.3) is 0 Å². The SMILES string of the molecule is COc1ccc(C(C)NCc2cc(C)on2)cc1OC. The third-order valence-electron chi connectivity index (χ3n) is 3.17. The Kier molecular flexibility index (Phi) is 4.63. The van der Waals surface area contributed by atoms with Gasteiger partial charge in [0.2, 0.25) is 0 Å². The van der Waals surface area contributed by atoms with Crippen LogP contribution in [0.15, 0.2) is 28.8 Å². The molecule has 2 aromatic rings. The predicted molar refractivity (Wildman–Crippen MR) is 76.0 cm³/mol. The molecule has 5 nitrogen and oxygen atoms in total. The molecule has 5 heteroatoms. The average molecular weight is 276 g/mol. The molecule has 1 aromatic heterocycles. The Hall–Kier alpha value is -2.01. The highest BCUT2D eigenvalue weighted by molar-refractivity contribution is 5.43. The summed E-state index contributed by atoms with van der Waals surface area (Å²) in [6.45, 7) is 4.63. The molecule has 0 bridgehead atoms. The number of aromatic nitrogens is 1. The van der Waals surface area contributed by atoms with Crippen LogP contribution in [0.3, 0.4) is 0 Å². The number of ether oxygens (including phenoxy) is 2. The zero-order valence-corrected chi connectivity index (χ0v) is 12.3. The van der Waals surface area contributed by atoms with Gasteiger partial charge in [-0.1, -0.05) is 11.2 Å². The highest BCUT2D eigenvalue weighted by Crippen LogP contribution is 2.29. The van der Waals surface area contributed by atoms with E-state index in [-0.39, 0.29) is 6.04 Å². The Labute approximate surface area is 118 Å². The molecule has 0 fully saturated rings. The molecule has 108 valence electrons. The molecule has 1 heterocycles. The second-order valence-corrected chi connectivity index (χ2v) is 4.65. The van der Waals surface area contributed by atoms with E-state index in [0.29, 0.717) is 6.54 Å². The number of rotatable bonds is 6. The van der Waals surface area contributed by atoms with E-state index in [1.807, 2.05) is 31.2 Å². The van der Waals surface area contributed by atoms with Crippen LogP contribution in [0.4, 0.5) is 0 Å². The minimum Gasteiger partial charge on any atom is -0.493 e. The van der Waals surface area contributed by atoms with Crippen molar-refractivity contribution >= 4 is 0 Å². The van der Waals surface area contributed by atoms with Crippen molar-refractivity contribution in [2.75, 3.05) is 14.2 Å². The molecule has 1 unspecified atom stereocenters. The van der Waals surface area contributed by atoms with Crippen LogP contribution in [-0.4, -0.2) is 19.4 Å². The van der Waals surface area contributed by atoms with Crippen molar-refractivity contribution in [3.8, 4) is 11.5 Å². The first kappa shape index (κ1) is 14.4. The third kappa shape index (κ3) is 3.30. The Balaban J connectivity index is 2.03. The van der Waals surface area contributed by atoms with Crippen LogP contribution >= 0.6 is 0 Å². The van der Waals surface area contributed by atoms with Gasteiger partial charge in [0, 0.05) is 18.7 Å². The molecule has 2 rings (SSSR count). The van der Waals surface area contributed by atoms with Gasteiger partial charge in [0.05, 0.1) is 19.9 Å². The molecule has 0 amide bonds. The molecule has 1 N–H and O–H groups in total. The van der Waals surface area contributed by atoms with E-state index in [1.165, 1.54) is 0 Å². The van der Waals surface area contributed by atoms with Crippen LogP contribution < -0.4 is 14.8 Å². The molecule has 0 aliphatic carbocycles. The summed E-state index contributed by atoms with van der Waals surface area (Å²) in [6.07, 6.45) is 0.